The second-order valence-electron chi connectivity index (χ2n) is 4.40. The van der Waals surface area contributed by atoms with Crippen molar-refractivity contribution >= 4 is 22.7 Å². The highest BCUT2D eigenvalue weighted by atomic mass is 16.5. The summed E-state index contributed by atoms with van der Waals surface area (Å²) in [5.41, 5.74) is 0.998. The zero-order valence-electron chi connectivity index (χ0n) is 11.5. The average Bonchev–Trinajstić information content (AvgIpc) is 2.50. The van der Waals surface area contributed by atoms with Gasteiger partial charge in [-0.1, -0.05) is 19.1 Å². The Morgan fingerprint density at radius 2 is 1.50 bits per heavy atom. The highest BCUT2D eigenvalue weighted by Crippen LogP contribution is 2.19. The van der Waals surface area contributed by atoms with Crippen LogP contribution in [0.3, 0.4) is 0 Å². The quantitative estimate of drug-likeness (QED) is 0.802. The molecular weight excluding hydrogens is 256 g/mol. The van der Waals surface area contributed by atoms with Crippen LogP contribution in [0.1, 0.15) is 34.1 Å². The van der Waals surface area contributed by atoms with Gasteiger partial charge in [0.1, 0.15) is 0 Å². The summed E-state index contributed by atoms with van der Waals surface area (Å²) < 4.78 is 9.77. The lowest BCUT2D eigenvalue weighted by atomic mass is 10.0. The van der Waals surface area contributed by atoms with Gasteiger partial charge in [-0.05, 0) is 41.5 Å². The Labute approximate surface area is 117 Å². The molecule has 0 saturated heterocycles. The number of hydrogen-bond donors (Lipinski definition) is 0. The number of fused-ring (bicyclic) bond motifs is 1. The van der Waals surface area contributed by atoms with Crippen molar-refractivity contribution in [3.8, 4) is 0 Å². The number of methoxy groups -OCH3 is 1. The summed E-state index contributed by atoms with van der Waals surface area (Å²) in [5.74, 6) is -0.705. The molecule has 0 radical (unpaired) electrons. The van der Waals surface area contributed by atoms with Crippen LogP contribution in [0.15, 0.2) is 36.4 Å². The van der Waals surface area contributed by atoms with E-state index in [4.69, 9.17) is 4.74 Å². The number of esters is 2. The molecule has 0 unspecified atom stereocenters. The Hall–Kier alpha value is -2.36. The van der Waals surface area contributed by atoms with Gasteiger partial charge in [-0.15, -0.1) is 0 Å². The van der Waals surface area contributed by atoms with E-state index in [0.717, 1.165) is 17.2 Å². The molecule has 0 N–H and O–H groups in total. The van der Waals surface area contributed by atoms with E-state index in [0.29, 0.717) is 17.7 Å². The van der Waals surface area contributed by atoms with Crippen molar-refractivity contribution in [2.24, 2.45) is 0 Å². The number of hydrogen-bond acceptors (Lipinski definition) is 4. The lowest BCUT2D eigenvalue weighted by Crippen LogP contribution is -2.05. The zero-order chi connectivity index (χ0) is 14.5. The molecule has 20 heavy (non-hydrogen) atoms. The van der Waals surface area contributed by atoms with Gasteiger partial charge >= 0.3 is 11.9 Å². The SMILES string of the molecule is CCCOC(=O)c1ccc2cc(C(=O)OC)ccc2c1. The van der Waals surface area contributed by atoms with Crippen molar-refractivity contribution < 1.29 is 19.1 Å². The van der Waals surface area contributed by atoms with E-state index in [9.17, 15) is 9.59 Å². The highest BCUT2D eigenvalue weighted by Gasteiger charge is 2.09. The van der Waals surface area contributed by atoms with E-state index in [1.807, 2.05) is 6.92 Å². The third-order valence-electron chi connectivity index (χ3n) is 2.93. The molecule has 0 saturated carbocycles. The van der Waals surface area contributed by atoms with Gasteiger partial charge in [-0.2, -0.15) is 0 Å². The Morgan fingerprint density at radius 3 is 2.00 bits per heavy atom. The standard InChI is InChI=1S/C16H16O4/c1-3-8-20-16(18)14-7-5-11-9-13(15(17)19-2)6-4-12(11)10-14/h4-7,9-10H,3,8H2,1-2H3. The topological polar surface area (TPSA) is 52.6 Å². The molecule has 0 fully saturated rings. The molecule has 0 spiro atoms. The molecule has 4 heteroatoms. The van der Waals surface area contributed by atoms with Crippen LogP contribution in [0.5, 0.6) is 0 Å². The van der Waals surface area contributed by atoms with Gasteiger partial charge in [0, 0.05) is 0 Å². The summed E-state index contributed by atoms with van der Waals surface area (Å²) >= 11 is 0. The van der Waals surface area contributed by atoms with Crippen molar-refractivity contribution in [3.63, 3.8) is 0 Å². The first-order chi connectivity index (χ1) is 9.65. The van der Waals surface area contributed by atoms with Crippen LogP contribution in [0, 0.1) is 0 Å². The Morgan fingerprint density at radius 1 is 0.950 bits per heavy atom. The van der Waals surface area contributed by atoms with Crippen LogP contribution in [0.25, 0.3) is 10.8 Å². The molecular formula is C16H16O4. The molecule has 0 aromatic heterocycles. The second kappa shape index (κ2) is 6.19. The fourth-order valence-corrected chi connectivity index (χ4v) is 1.90. The number of ether oxygens (including phenoxy) is 2. The van der Waals surface area contributed by atoms with E-state index in [1.165, 1.54) is 7.11 Å². The molecule has 104 valence electrons. The summed E-state index contributed by atoms with van der Waals surface area (Å²) in [4.78, 5) is 23.2. The van der Waals surface area contributed by atoms with Crippen molar-refractivity contribution in [2.45, 2.75) is 13.3 Å². The monoisotopic (exact) mass is 272 g/mol. The van der Waals surface area contributed by atoms with Crippen LogP contribution in [-0.2, 0) is 9.47 Å². The van der Waals surface area contributed by atoms with Crippen LogP contribution in [0.2, 0.25) is 0 Å². The maximum absolute atomic E-state index is 11.8. The van der Waals surface area contributed by atoms with E-state index in [-0.39, 0.29) is 11.9 Å². The van der Waals surface area contributed by atoms with Crippen LogP contribution >= 0.6 is 0 Å². The summed E-state index contributed by atoms with van der Waals surface area (Å²) in [7, 11) is 1.35. The number of carbonyl (C=O) groups excluding carboxylic acids is 2. The average molecular weight is 272 g/mol. The van der Waals surface area contributed by atoms with Gasteiger partial charge in [0.2, 0.25) is 0 Å². The zero-order valence-corrected chi connectivity index (χ0v) is 11.5. The lowest BCUT2D eigenvalue weighted by molar-refractivity contribution is 0.0504. The molecule has 2 aromatic carbocycles. The molecule has 0 aliphatic rings. The van der Waals surface area contributed by atoms with E-state index >= 15 is 0 Å². The molecule has 2 rings (SSSR count). The highest BCUT2D eigenvalue weighted by molar-refractivity contribution is 5.98. The van der Waals surface area contributed by atoms with Gasteiger partial charge in [0.25, 0.3) is 0 Å². The van der Waals surface area contributed by atoms with E-state index in [1.54, 1.807) is 36.4 Å². The summed E-state index contributed by atoms with van der Waals surface area (Å²) in [6.07, 6.45) is 0.793. The molecule has 0 heterocycles. The number of benzene rings is 2. The first-order valence-electron chi connectivity index (χ1n) is 6.45. The lowest BCUT2D eigenvalue weighted by Gasteiger charge is -2.06. The Kier molecular flexibility index (Phi) is 4.35. The minimum Gasteiger partial charge on any atom is -0.465 e. The fraction of sp³-hybridized carbons (Fsp3) is 0.250. The van der Waals surface area contributed by atoms with Gasteiger partial charge in [-0.25, -0.2) is 9.59 Å². The van der Waals surface area contributed by atoms with Gasteiger partial charge in [-0.3, -0.25) is 0 Å². The maximum Gasteiger partial charge on any atom is 0.338 e. The Balaban J connectivity index is 2.31. The first kappa shape index (κ1) is 14.1. The number of carbonyl (C=O) groups is 2. The van der Waals surface area contributed by atoms with Crippen molar-refractivity contribution in [1.82, 2.24) is 0 Å². The minimum absolute atomic E-state index is 0.328. The second-order valence-corrected chi connectivity index (χ2v) is 4.40. The van der Waals surface area contributed by atoms with Crippen molar-refractivity contribution in [1.29, 1.82) is 0 Å². The van der Waals surface area contributed by atoms with Gasteiger partial charge in [0.15, 0.2) is 0 Å². The summed E-state index contributed by atoms with van der Waals surface area (Å²) in [6.45, 7) is 2.36. The van der Waals surface area contributed by atoms with Gasteiger partial charge in [0.05, 0.1) is 24.8 Å². The largest absolute Gasteiger partial charge is 0.465 e. The van der Waals surface area contributed by atoms with Crippen molar-refractivity contribution in [2.75, 3.05) is 13.7 Å². The number of rotatable bonds is 4. The third kappa shape index (κ3) is 2.96. The predicted octanol–water partition coefficient (Wildman–Crippen LogP) is 3.19. The predicted molar refractivity (Wildman–Crippen MR) is 75.9 cm³/mol. The Bertz CT molecular complexity index is 646. The van der Waals surface area contributed by atoms with Gasteiger partial charge < -0.3 is 9.47 Å². The van der Waals surface area contributed by atoms with E-state index in [2.05, 4.69) is 4.74 Å². The molecule has 0 aliphatic heterocycles. The summed E-state index contributed by atoms with van der Waals surface area (Å²) in [6, 6.07) is 10.5. The fourth-order valence-electron chi connectivity index (χ4n) is 1.90. The summed E-state index contributed by atoms with van der Waals surface area (Å²) in [5, 5.41) is 1.75. The molecule has 0 amide bonds. The third-order valence-corrected chi connectivity index (χ3v) is 2.93. The minimum atomic E-state index is -0.377. The smallest absolute Gasteiger partial charge is 0.338 e. The molecule has 0 atom stereocenters. The van der Waals surface area contributed by atoms with E-state index < -0.39 is 0 Å². The van der Waals surface area contributed by atoms with Crippen LogP contribution in [0.4, 0.5) is 0 Å². The van der Waals surface area contributed by atoms with Crippen LogP contribution in [-0.4, -0.2) is 25.7 Å². The van der Waals surface area contributed by atoms with Crippen molar-refractivity contribution in [3.05, 3.63) is 47.5 Å². The normalized spacial score (nSPS) is 10.3. The molecule has 4 nitrogen and oxygen atoms in total. The maximum atomic E-state index is 11.8. The molecule has 0 aliphatic carbocycles. The molecule has 0 bridgehead atoms. The first-order valence-corrected chi connectivity index (χ1v) is 6.45. The van der Waals surface area contributed by atoms with Crippen LogP contribution < -0.4 is 0 Å². The molecule has 2 aromatic rings.